The number of nitriles is 1. The molecule has 0 aliphatic heterocycles. The third-order valence-corrected chi connectivity index (χ3v) is 2.08. The maximum absolute atomic E-state index is 8.95. The number of nitrogens with zero attached hydrogens (tertiary/aromatic N) is 2. The number of hydrogen-bond acceptors (Lipinski definition) is 4. The molecule has 1 aromatic heterocycles. The molecule has 0 unspecified atom stereocenters. The molecule has 1 fully saturated rings. The van der Waals surface area contributed by atoms with Gasteiger partial charge in [0.1, 0.15) is 23.2 Å². The summed E-state index contributed by atoms with van der Waals surface area (Å²) < 4.78 is 5.59. The van der Waals surface area contributed by atoms with Crippen LogP contribution >= 0.6 is 0 Å². The Morgan fingerprint density at radius 1 is 1.64 bits per heavy atom. The molecule has 1 N–H and O–H groups in total. The highest BCUT2D eigenvalue weighted by molar-refractivity contribution is 5.58. The summed E-state index contributed by atoms with van der Waals surface area (Å²) in [4.78, 5) is 4.04. The van der Waals surface area contributed by atoms with Crippen LogP contribution in [-0.2, 0) is 0 Å². The molecular formula is C10H11N3O. The SMILES string of the molecule is CNc1nccc(OC2CC2)c1C#N. The minimum Gasteiger partial charge on any atom is -0.489 e. The lowest BCUT2D eigenvalue weighted by atomic mass is 10.2. The van der Waals surface area contributed by atoms with Crippen LogP contribution in [0.2, 0.25) is 0 Å². The van der Waals surface area contributed by atoms with Crippen molar-refractivity contribution in [3.8, 4) is 11.8 Å². The highest BCUT2D eigenvalue weighted by Gasteiger charge is 2.25. The number of aromatic nitrogens is 1. The van der Waals surface area contributed by atoms with E-state index in [0.29, 0.717) is 23.2 Å². The summed E-state index contributed by atoms with van der Waals surface area (Å²) in [6.45, 7) is 0. The van der Waals surface area contributed by atoms with E-state index in [9.17, 15) is 0 Å². The lowest BCUT2D eigenvalue weighted by molar-refractivity contribution is 0.302. The minimum atomic E-state index is 0.300. The van der Waals surface area contributed by atoms with E-state index in [-0.39, 0.29) is 0 Å². The first-order valence-corrected chi connectivity index (χ1v) is 4.58. The van der Waals surface area contributed by atoms with E-state index in [0.717, 1.165) is 12.8 Å². The van der Waals surface area contributed by atoms with Crippen LogP contribution in [-0.4, -0.2) is 18.1 Å². The molecule has 1 aliphatic rings. The summed E-state index contributed by atoms with van der Waals surface area (Å²) in [6.07, 6.45) is 4.11. The van der Waals surface area contributed by atoms with Crippen molar-refractivity contribution in [3.63, 3.8) is 0 Å². The monoisotopic (exact) mass is 189 g/mol. The minimum absolute atomic E-state index is 0.300. The molecule has 0 saturated heterocycles. The normalized spacial score (nSPS) is 14.6. The van der Waals surface area contributed by atoms with Gasteiger partial charge in [0.25, 0.3) is 0 Å². The van der Waals surface area contributed by atoms with Crippen LogP contribution in [0.1, 0.15) is 18.4 Å². The fourth-order valence-electron chi connectivity index (χ4n) is 1.21. The van der Waals surface area contributed by atoms with Gasteiger partial charge in [0.2, 0.25) is 0 Å². The number of anilines is 1. The van der Waals surface area contributed by atoms with E-state index in [1.165, 1.54) is 0 Å². The first kappa shape index (κ1) is 8.82. The highest BCUT2D eigenvalue weighted by atomic mass is 16.5. The van der Waals surface area contributed by atoms with Gasteiger partial charge in [-0.25, -0.2) is 4.98 Å². The van der Waals surface area contributed by atoms with Crippen LogP contribution in [0.5, 0.6) is 5.75 Å². The topological polar surface area (TPSA) is 57.9 Å². The molecule has 0 atom stereocenters. The molecule has 1 aliphatic carbocycles. The third-order valence-electron chi connectivity index (χ3n) is 2.08. The summed E-state index contributed by atoms with van der Waals surface area (Å²) in [5.74, 6) is 1.21. The summed E-state index contributed by atoms with van der Waals surface area (Å²) in [7, 11) is 1.74. The predicted molar refractivity (Wildman–Crippen MR) is 52.1 cm³/mol. The molecule has 4 heteroatoms. The van der Waals surface area contributed by atoms with E-state index < -0.39 is 0 Å². The van der Waals surface area contributed by atoms with Crippen molar-refractivity contribution in [1.29, 1.82) is 5.26 Å². The molecule has 14 heavy (non-hydrogen) atoms. The van der Waals surface area contributed by atoms with E-state index in [4.69, 9.17) is 10.00 Å². The molecule has 1 saturated carbocycles. The van der Waals surface area contributed by atoms with Crippen molar-refractivity contribution < 1.29 is 4.74 Å². The number of pyridine rings is 1. The average molecular weight is 189 g/mol. The van der Waals surface area contributed by atoms with Crippen molar-refractivity contribution >= 4 is 5.82 Å². The van der Waals surface area contributed by atoms with Crippen LogP contribution in [0, 0.1) is 11.3 Å². The second kappa shape index (κ2) is 3.54. The molecule has 1 heterocycles. The first-order valence-electron chi connectivity index (χ1n) is 4.58. The van der Waals surface area contributed by atoms with Crippen LogP contribution in [0.4, 0.5) is 5.82 Å². The molecular weight excluding hydrogens is 178 g/mol. The molecule has 0 spiro atoms. The third kappa shape index (κ3) is 1.62. The maximum atomic E-state index is 8.95. The molecule has 0 amide bonds. The van der Waals surface area contributed by atoms with Gasteiger partial charge in [0.15, 0.2) is 0 Å². The Labute approximate surface area is 82.5 Å². The molecule has 0 aromatic carbocycles. The van der Waals surface area contributed by atoms with Gasteiger partial charge in [0, 0.05) is 19.3 Å². The fraction of sp³-hybridized carbons (Fsp3) is 0.400. The zero-order chi connectivity index (χ0) is 9.97. The van der Waals surface area contributed by atoms with Gasteiger partial charge in [-0.3, -0.25) is 0 Å². The van der Waals surface area contributed by atoms with Crippen molar-refractivity contribution in [2.45, 2.75) is 18.9 Å². The van der Waals surface area contributed by atoms with Crippen molar-refractivity contribution in [1.82, 2.24) is 4.98 Å². The zero-order valence-corrected chi connectivity index (χ0v) is 7.95. The summed E-state index contributed by atoms with van der Waals surface area (Å²) in [5.41, 5.74) is 0.488. The second-order valence-electron chi connectivity index (χ2n) is 3.21. The molecule has 0 bridgehead atoms. The van der Waals surface area contributed by atoms with Gasteiger partial charge < -0.3 is 10.1 Å². The van der Waals surface area contributed by atoms with Crippen LogP contribution in [0.15, 0.2) is 12.3 Å². The smallest absolute Gasteiger partial charge is 0.147 e. The van der Waals surface area contributed by atoms with Crippen molar-refractivity contribution in [2.75, 3.05) is 12.4 Å². The predicted octanol–water partition coefficient (Wildman–Crippen LogP) is 1.54. The van der Waals surface area contributed by atoms with Crippen LogP contribution in [0.3, 0.4) is 0 Å². The van der Waals surface area contributed by atoms with Gasteiger partial charge in [-0.15, -0.1) is 0 Å². The Kier molecular flexibility index (Phi) is 2.23. The Morgan fingerprint density at radius 3 is 3.00 bits per heavy atom. The van der Waals surface area contributed by atoms with E-state index in [1.54, 1.807) is 19.3 Å². The van der Waals surface area contributed by atoms with Gasteiger partial charge in [-0.2, -0.15) is 5.26 Å². The molecule has 4 nitrogen and oxygen atoms in total. The van der Waals surface area contributed by atoms with Crippen molar-refractivity contribution in [3.05, 3.63) is 17.8 Å². The molecule has 1 aromatic rings. The summed E-state index contributed by atoms with van der Waals surface area (Å²) >= 11 is 0. The van der Waals surface area contributed by atoms with E-state index in [1.807, 2.05) is 0 Å². The molecule has 2 rings (SSSR count). The van der Waals surface area contributed by atoms with Gasteiger partial charge >= 0.3 is 0 Å². The Bertz CT molecular complexity index is 379. The Balaban J connectivity index is 2.32. The van der Waals surface area contributed by atoms with Gasteiger partial charge in [-0.05, 0) is 12.8 Å². The van der Waals surface area contributed by atoms with Crippen LogP contribution in [0.25, 0.3) is 0 Å². The van der Waals surface area contributed by atoms with E-state index in [2.05, 4.69) is 16.4 Å². The quantitative estimate of drug-likeness (QED) is 0.783. The van der Waals surface area contributed by atoms with Gasteiger partial charge in [-0.1, -0.05) is 0 Å². The van der Waals surface area contributed by atoms with Gasteiger partial charge in [0.05, 0.1) is 6.10 Å². The number of ether oxygens (including phenoxy) is 1. The molecule has 72 valence electrons. The lowest BCUT2D eigenvalue weighted by Crippen LogP contribution is -2.02. The second-order valence-corrected chi connectivity index (χ2v) is 3.21. The van der Waals surface area contributed by atoms with Crippen LogP contribution < -0.4 is 10.1 Å². The molecule has 0 radical (unpaired) electrons. The zero-order valence-electron chi connectivity index (χ0n) is 7.95. The first-order chi connectivity index (χ1) is 6.85. The average Bonchev–Trinajstić information content (AvgIpc) is 3.01. The highest BCUT2D eigenvalue weighted by Crippen LogP contribution is 2.30. The summed E-state index contributed by atoms with van der Waals surface area (Å²) in [5, 5.41) is 11.8. The van der Waals surface area contributed by atoms with E-state index >= 15 is 0 Å². The van der Waals surface area contributed by atoms with Crippen molar-refractivity contribution in [2.24, 2.45) is 0 Å². The maximum Gasteiger partial charge on any atom is 0.147 e. The fourth-order valence-corrected chi connectivity index (χ4v) is 1.21. The number of rotatable bonds is 3. The number of hydrogen-bond donors (Lipinski definition) is 1. The number of nitrogens with one attached hydrogen (secondary N) is 1. The lowest BCUT2D eigenvalue weighted by Gasteiger charge is -2.08. The Morgan fingerprint density at radius 2 is 2.43 bits per heavy atom. The Hall–Kier alpha value is -1.76. The largest absolute Gasteiger partial charge is 0.489 e. The summed E-state index contributed by atoms with van der Waals surface area (Å²) in [6, 6.07) is 3.83. The standard InChI is InChI=1S/C10H11N3O/c1-12-10-8(6-11)9(4-5-13-10)14-7-2-3-7/h4-5,7H,2-3H2,1H3,(H,12,13).